The second-order valence-corrected chi connectivity index (χ2v) is 5.56. The fourth-order valence-corrected chi connectivity index (χ4v) is 2.89. The van der Waals surface area contributed by atoms with Crippen molar-refractivity contribution < 1.29 is 9.53 Å². The highest BCUT2D eigenvalue weighted by molar-refractivity contribution is 9.11. The zero-order chi connectivity index (χ0) is 13.8. The van der Waals surface area contributed by atoms with Crippen LogP contribution in [0, 0.1) is 0 Å². The Morgan fingerprint density at radius 2 is 1.84 bits per heavy atom. The van der Waals surface area contributed by atoms with Crippen molar-refractivity contribution >= 4 is 43.5 Å². The smallest absolute Gasteiger partial charge is 0.255 e. The molecule has 19 heavy (non-hydrogen) atoms. The Morgan fingerprint density at radius 3 is 2.47 bits per heavy atom. The first-order chi connectivity index (χ1) is 9.11. The van der Waals surface area contributed by atoms with Crippen molar-refractivity contribution in [2.75, 3.05) is 12.4 Å². The van der Waals surface area contributed by atoms with Gasteiger partial charge in [-0.05, 0) is 40.2 Å². The number of carbonyl (C=O) groups excluding carboxylic acids is 1. The average Bonchev–Trinajstić information content (AvgIpc) is 2.42. The third-order valence-electron chi connectivity index (χ3n) is 2.51. The van der Waals surface area contributed by atoms with Gasteiger partial charge in [-0.2, -0.15) is 0 Å². The Balaban J connectivity index is 2.31. The first-order valence-electron chi connectivity index (χ1n) is 5.51. The van der Waals surface area contributed by atoms with Crippen LogP contribution in [0.4, 0.5) is 5.69 Å². The van der Waals surface area contributed by atoms with E-state index in [9.17, 15) is 4.79 Å². The summed E-state index contributed by atoms with van der Waals surface area (Å²) in [4.78, 5) is 12.1. The molecule has 0 saturated heterocycles. The van der Waals surface area contributed by atoms with Gasteiger partial charge in [-0.1, -0.05) is 34.1 Å². The lowest BCUT2D eigenvalue weighted by atomic mass is 10.2. The van der Waals surface area contributed by atoms with E-state index in [1.54, 1.807) is 25.3 Å². The van der Waals surface area contributed by atoms with E-state index in [-0.39, 0.29) is 5.91 Å². The molecular weight excluding hydrogens is 374 g/mol. The van der Waals surface area contributed by atoms with Crippen LogP contribution >= 0.6 is 31.9 Å². The lowest BCUT2D eigenvalue weighted by Gasteiger charge is -2.12. The van der Waals surface area contributed by atoms with E-state index in [4.69, 9.17) is 4.74 Å². The fourth-order valence-electron chi connectivity index (χ4n) is 1.61. The quantitative estimate of drug-likeness (QED) is 0.847. The molecule has 0 aliphatic rings. The lowest BCUT2D eigenvalue weighted by Crippen LogP contribution is -2.13. The number of rotatable bonds is 3. The van der Waals surface area contributed by atoms with Crippen LogP contribution in [0.5, 0.6) is 5.75 Å². The van der Waals surface area contributed by atoms with Gasteiger partial charge in [0.15, 0.2) is 0 Å². The van der Waals surface area contributed by atoms with E-state index in [0.717, 1.165) is 8.95 Å². The van der Waals surface area contributed by atoms with Crippen LogP contribution in [0.25, 0.3) is 0 Å². The molecule has 2 aromatic carbocycles. The summed E-state index contributed by atoms with van der Waals surface area (Å²) < 4.78 is 6.89. The summed E-state index contributed by atoms with van der Waals surface area (Å²) in [6.45, 7) is 0. The molecule has 0 bridgehead atoms. The van der Waals surface area contributed by atoms with Crippen molar-refractivity contribution in [1.82, 2.24) is 0 Å². The van der Waals surface area contributed by atoms with Crippen LogP contribution in [-0.4, -0.2) is 13.0 Å². The van der Waals surface area contributed by atoms with Gasteiger partial charge in [-0.15, -0.1) is 0 Å². The van der Waals surface area contributed by atoms with Gasteiger partial charge in [0.2, 0.25) is 0 Å². The standard InChI is InChI=1S/C14H11Br2NO2/c1-19-12-8-10(15)7-11(16)13(12)17-14(18)9-5-3-2-4-6-9/h2-8H,1H3,(H,17,18). The minimum atomic E-state index is -0.179. The van der Waals surface area contributed by atoms with Crippen LogP contribution in [0.1, 0.15) is 10.4 Å². The Hall–Kier alpha value is -1.33. The third kappa shape index (κ3) is 3.36. The summed E-state index contributed by atoms with van der Waals surface area (Å²) in [7, 11) is 1.56. The summed E-state index contributed by atoms with van der Waals surface area (Å²) >= 11 is 6.79. The number of amides is 1. The predicted octanol–water partition coefficient (Wildman–Crippen LogP) is 4.47. The number of hydrogen-bond donors (Lipinski definition) is 1. The molecular formula is C14H11Br2NO2. The zero-order valence-electron chi connectivity index (χ0n) is 10.1. The summed E-state index contributed by atoms with van der Waals surface area (Å²) in [5.41, 5.74) is 1.21. The van der Waals surface area contributed by atoms with Gasteiger partial charge >= 0.3 is 0 Å². The molecule has 1 N–H and O–H groups in total. The second kappa shape index (κ2) is 6.21. The molecule has 0 saturated carbocycles. The summed E-state index contributed by atoms with van der Waals surface area (Å²) in [6.07, 6.45) is 0. The Bertz CT molecular complexity index is 600. The maximum Gasteiger partial charge on any atom is 0.255 e. The topological polar surface area (TPSA) is 38.3 Å². The average molecular weight is 385 g/mol. The van der Waals surface area contributed by atoms with Gasteiger partial charge in [0.1, 0.15) is 5.75 Å². The van der Waals surface area contributed by atoms with E-state index in [1.807, 2.05) is 24.3 Å². The molecule has 0 aromatic heterocycles. The number of nitrogens with one attached hydrogen (secondary N) is 1. The zero-order valence-corrected chi connectivity index (χ0v) is 13.3. The van der Waals surface area contributed by atoms with Crippen molar-refractivity contribution in [3.63, 3.8) is 0 Å². The molecule has 0 radical (unpaired) electrons. The number of halogens is 2. The molecule has 0 aliphatic heterocycles. The van der Waals surface area contributed by atoms with Crippen molar-refractivity contribution in [2.24, 2.45) is 0 Å². The highest BCUT2D eigenvalue weighted by atomic mass is 79.9. The minimum Gasteiger partial charge on any atom is -0.494 e. The molecule has 0 aliphatic carbocycles. The monoisotopic (exact) mass is 383 g/mol. The van der Waals surface area contributed by atoms with Crippen LogP contribution in [0.2, 0.25) is 0 Å². The second-order valence-electron chi connectivity index (χ2n) is 3.79. The van der Waals surface area contributed by atoms with E-state index in [2.05, 4.69) is 37.2 Å². The number of hydrogen-bond acceptors (Lipinski definition) is 2. The van der Waals surface area contributed by atoms with E-state index >= 15 is 0 Å². The molecule has 0 heterocycles. The van der Waals surface area contributed by atoms with Gasteiger partial charge in [0.05, 0.1) is 12.8 Å². The maximum atomic E-state index is 12.1. The van der Waals surface area contributed by atoms with E-state index in [0.29, 0.717) is 17.0 Å². The highest BCUT2D eigenvalue weighted by Crippen LogP contribution is 2.36. The SMILES string of the molecule is COc1cc(Br)cc(Br)c1NC(=O)c1ccccc1. The number of carbonyl (C=O) groups is 1. The van der Waals surface area contributed by atoms with E-state index in [1.165, 1.54) is 0 Å². The Kier molecular flexibility index (Phi) is 4.61. The first kappa shape index (κ1) is 14.1. The molecule has 3 nitrogen and oxygen atoms in total. The minimum absolute atomic E-state index is 0.179. The largest absolute Gasteiger partial charge is 0.494 e. The van der Waals surface area contributed by atoms with Gasteiger partial charge in [0.25, 0.3) is 5.91 Å². The molecule has 5 heteroatoms. The molecule has 1 amide bonds. The van der Waals surface area contributed by atoms with Crippen LogP contribution in [-0.2, 0) is 0 Å². The van der Waals surface area contributed by atoms with Crippen LogP contribution < -0.4 is 10.1 Å². The molecule has 2 aromatic rings. The first-order valence-corrected chi connectivity index (χ1v) is 7.10. The molecule has 0 fully saturated rings. The van der Waals surface area contributed by atoms with Crippen LogP contribution in [0.3, 0.4) is 0 Å². The number of ether oxygens (including phenoxy) is 1. The van der Waals surface area contributed by atoms with Crippen molar-refractivity contribution in [3.8, 4) is 5.75 Å². The Morgan fingerprint density at radius 1 is 1.16 bits per heavy atom. The van der Waals surface area contributed by atoms with Crippen molar-refractivity contribution in [3.05, 3.63) is 57.0 Å². The van der Waals surface area contributed by atoms with Gasteiger partial charge in [-0.25, -0.2) is 0 Å². The van der Waals surface area contributed by atoms with Gasteiger partial charge < -0.3 is 10.1 Å². The summed E-state index contributed by atoms with van der Waals surface area (Å²) in [6, 6.07) is 12.7. The normalized spacial score (nSPS) is 10.1. The molecule has 0 atom stereocenters. The van der Waals surface area contributed by atoms with Crippen molar-refractivity contribution in [1.29, 1.82) is 0 Å². The van der Waals surface area contributed by atoms with Crippen LogP contribution in [0.15, 0.2) is 51.4 Å². The highest BCUT2D eigenvalue weighted by Gasteiger charge is 2.13. The van der Waals surface area contributed by atoms with E-state index < -0.39 is 0 Å². The number of anilines is 1. The number of benzene rings is 2. The molecule has 0 spiro atoms. The van der Waals surface area contributed by atoms with Gasteiger partial charge in [0, 0.05) is 14.5 Å². The molecule has 0 unspecified atom stereocenters. The fraction of sp³-hybridized carbons (Fsp3) is 0.0714. The number of methoxy groups -OCH3 is 1. The molecule has 2 rings (SSSR count). The lowest BCUT2D eigenvalue weighted by molar-refractivity contribution is 0.102. The summed E-state index contributed by atoms with van der Waals surface area (Å²) in [5, 5.41) is 2.84. The Labute approximate surface area is 128 Å². The van der Waals surface area contributed by atoms with Gasteiger partial charge in [-0.3, -0.25) is 4.79 Å². The third-order valence-corrected chi connectivity index (χ3v) is 3.60. The summed E-state index contributed by atoms with van der Waals surface area (Å²) in [5.74, 6) is 0.410. The maximum absolute atomic E-state index is 12.1. The molecule has 98 valence electrons. The van der Waals surface area contributed by atoms with Crippen molar-refractivity contribution in [2.45, 2.75) is 0 Å². The predicted molar refractivity (Wildman–Crippen MR) is 82.8 cm³/mol.